The van der Waals surface area contributed by atoms with E-state index in [-0.39, 0.29) is 37.2 Å². The highest BCUT2D eigenvalue weighted by Crippen LogP contribution is 2.44. The third-order valence-corrected chi connectivity index (χ3v) is 9.04. The predicted octanol–water partition coefficient (Wildman–Crippen LogP) is 3.44. The van der Waals surface area contributed by atoms with Crippen molar-refractivity contribution >= 4 is 25.8 Å². The molecule has 0 bridgehead atoms. The summed E-state index contributed by atoms with van der Waals surface area (Å²) in [7, 11) is -6.66. The van der Waals surface area contributed by atoms with Gasteiger partial charge in [-0.15, -0.1) is 0 Å². The first-order valence-corrected chi connectivity index (χ1v) is 16.7. The summed E-state index contributed by atoms with van der Waals surface area (Å²) in [5.74, 6) is 1.55. The zero-order valence-corrected chi connectivity index (χ0v) is 24.2. The molecule has 2 atom stereocenters. The number of carbonyl (C=O) groups excluding carboxylic acids is 1. The number of aryl methyl sites for hydroxylation is 1. The predicted molar refractivity (Wildman–Crippen MR) is 150 cm³/mol. The van der Waals surface area contributed by atoms with Crippen LogP contribution in [0.5, 0.6) is 28.9 Å². The van der Waals surface area contributed by atoms with Crippen LogP contribution in [0, 0.1) is 6.92 Å². The molecule has 41 heavy (non-hydrogen) atoms. The number of ether oxygens (including phenoxy) is 4. The number of nitrogens with zero attached hydrogens (tertiary/aromatic N) is 1. The van der Waals surface area contributed by atoms with Crippen LogP contribution in [0.2, 0.25) is 0 Å². The van der Waals surface area contributed by atoms with E-state index in [1.54, 1.807) is 49.4 Å². The van der Waals surface area contributed by atoms with E-state index in [0.717, 1.165) is 11.1 Å². The molecule has 11 nitrogen and oxygen atoms in total. The van der Waals surface area contributed by atoms with Crippen LogP contribution >= 0.6 is 0 Å². The zero-order valence-electron chi connectivity index (χ0n) is 22.5. The second kappa shape index (κ2) is 11.6. The number of fused-ring (bicyclic) bond motifs is 1. The smallest absolute Gasteiger partial charge is 0.235 e. The highest BCUT2D eigenvalue weighted by atomic mass is 32.2. The summed E-state index contributed by atoms with van der Waals surface area (Å²) < 4.78 is 72.2. The largest absolute Gasteiger partial charge is 0.485 e. The van der Waals surface area contributed by atoms with Crippen LogP contribution < -0.4 is 23.7 Å². The van der Waals surface area contributed by atoms with Gasteiger partial charge in [-0.25, -0.2) is 21.8 Å². The number of amides is 1. The molecule has 1 amide bonds. The van der Waals surface area contributed by atoms with Crippen molar-refractivity contribution < 1.29 is 40.6 Å². The van der Waals surface area contributed by atoms with E-state index in [4.69, 9.17) is 18.9 Å². The molecule has 1 fully saturated rings. The number of aromatic nitrogens is 1. The molecule has 2 aliphatic heterocycles. The summed E-state index contributed by atoms with van der Waals surface area (Å²) >= 11 is 0. The van der Waals surface area contributed by atoms with Crippen molar-refractivity contribution in [3.8, 4) is 28.9 Å². The normalized spacial score (nSPS) is 19.5. The SMILES string of the molecule is Cc1nc(OCCCS(C)(=O)=O)ccc1Oc1cccc2c1OC[C@H]2Oc1ccc(C2CC(=O)NS(=O)(=O)C2)cc1. The van der Waals surface area contributed by atoms with Crippen LogP contribution in [0.25, 0.3) is 0 Å². The van der Waals surface area contributed by atoms with Crippen LogP contribution in [-0.2, 0) is 24.7 Å². The number of nitrogens with one attached hydrogen (secondary N) is 1. The van der Waals surface area contributed by atoms with Crippen molar-refractivity contribution in [1.82, 2.24) is 9.71 Å². The molecule has 13 heteroatoms. The number of carbonyl (C=O) groups is 1. The lowest BCUT2D eigenvalue weighted by atomic mass is 9.97. The van der Waals surface area contributed by atoms with Gasteiger partial charge in [0.15, 0.2) is 17.6 Å². The molecule has 1 unspecified atom stereocenters. The second-order valence-corrected chi connectivity index (χ2v) is 14.1. The average Bonchev–Trinajstić information content (AvgIpc) is 3.30. The van der Waals surface area contributed by atoms with Gasteiger partial charge in [0.05, 0.1) is 23.8 Å². The number of para-hydroxylation sites is 1. The molecule has 1 saturated heterocycles. The van der Waals surface area contributed by atoms with E-state index in [0.29, 0.717) is 41.0 Å². The molecule has 2 aliphatic rings. The molecule has 1 N–H and O–H groups in total. The van der Waals surface area contributed by atoms with Crippen molar-refractivity contribution in [2.75, 3.05) is 31.0 Å². The third kappa shape index (κ3) is 7.27. The topological polar surface area (TPSA) is 147 Å². The highest BCUT2D eigenvalue weighted by Gasteiger charge is 2.31. The Morgan fingerprint density at radius 1 is 1.07 bits per heavy atom. The summed E-state index contributed by atoms with van der Waals surface area (Å²) in [5.41, 5.74) is 2.17. The maximum absolute atomic E-state index is 11.9. The van der Waals surface area contributed by atoms with Gasteiger partial charge in [0.1, 0.15) is 27.9 Å². The van der Waals surface area contributed by atoms with Crippen LogP contribution in [0.15, 0.2) is 54.6 Å². The van der Waals surface area contributed by atoms with Gasteiger partial charge in [-0.2, -0.15) is 0 Å². The van der Waals surface area contributed by atoms with Crippen LogP contribution in [0.3, 0.4) is 0 Å². The van der Waals surface area contributed by atoms with Gasteiger partial charge in [-0.3, -0.25) is 9.52 Å². The molecule has 0 radical (unpaired) electrons. The molecule has 3 heterocycles. The first-order chi connectivity index (χ1) is 19.5. The monoisotopic (exact) mass is 602 g/mol. The lowest BCUT2D eigenvalue weighted by Gasteiger charge is -2.22. The number of sulfone groups is 1. The van der Waals surface area contributed by atoms with Gasteiger partial charge in [0.25, 0.3) is 0 Å². The minimum atomic E-state index is -3.62. The van der Waals surface area contributed by atoms with E-state index >= 15 is 0 Å². The fourth-order valence-corrected chi connectivity index (χ4v) is 6.69. The number of pyridine rings is 1. The lowest BCUT2D eigenvalue weighted by molar-refractivity contribution is -0.119. The molecular formula is C28H30N2O9S2. The van der Waals surface area contributed by atoms with E-state index in [1.165, 1.54) is 6.26 Å². The summed E-state index contributed by atoms with van der Waals surface area (Å²) in [6, 6.07) is 16.0. The van der Waals surface area contributed by atoms with Gasteiger partial charge in [0.2, 0.25) is 21.8 Å². The number of hydrogen-bond acceptors (Lipinski definition) is 10. The summed E-state index contributed by atoms with van der Waals surface area (Å²) in [4.78, 5) is 16.2. The Balaban J connectivity index is 1.22. The van der Waals surface area contributed by atoms with Gasteiger partial charge in [-0.1, -0.05) is 24.3 Å². The van der Waals surface area contributed by atoms with Gasteiger partial charge < -0.3 is 18.9 Å². The number of sulfonamides is 1. The summed E-state index contributed by atoms with van der Waals surface area (Å²) in [6.07, 6.45) is 1.29. The van der Waals surface area contributed by atoms with E-state index in [9.17, 15) is 21.6 Å². The fraction of sp³-hybridized carbons (Fsp3) is 0.357. The quantitative estimate of drug-likeness (QED) is 0.342. The fourth-order valence-electron chi connectivity index (χ4n) is 4.70. The highest BCUT2D eigenvalue weighted by molar-refractivity contribution is 7.90. The Bertz CT molecular complexity index is 1660. The molecule has 0 aliphatic carbocycles. The first kappa shape index (κ1) is 28.7. The Morgan fingerprint density at radius 3 is 2.56 bits per heavy atom. The van der Waals surface area contributed by atoms with Crippen molar-refractivity contribution in [3.63, 3.8) is 0 Å². The maximum atomic E-state index is 11.9. The molecule has 218 valence electrons. The van der Waals surface area contributed by atoms with Crippen LogP contribution in [0.4, 0.5) is 0 Å². The van der Waals surface area contributed by atoms with Crippen molar-refractivity contribution in [2.24, 2.45) is 0 Å². The van der Waals surface area contributed by atoms with E-state index in [1.807, 2.05) is 16.9 Å². The standard InChI is InChI=1S/C28H30N2O9S2/c1-18-23(11-12-27(29-18)36-13-4-14-40(2,32)33)39-24-6-3-5-22-25(16-37-28(22)24)38-21-9-7-19(8-10-21)20-15-26(31)30-41(34,35)17-20/h3,5-12,20,25H,4,13-17H2,1-2H3,(H,30,31)/t20?,25-/m1/s1. The molecule has 2 aromatic carbocycles. The number of benzene rings is 2. The minimum Gasteiger partial charge on any atom is -0.485 e. The van der Waals surface area contributed by atoms with Crippen molar-refractivity contribution in [1.29, 1.82) is 0 Å². The Hall–Kier alpha value is -3.84. The maximum Gasteiger partial charge on any atom is 0.235 e. The minimum absolute atomic E-state index is 0.0509. The van der Waals surface area contributed by atoms with E-state index < -0.39 is 31.7 Å². The van der Waals surface area contributed by atoms with Gasteiger partial charge >= 0.3 is 0 Å². The zero-order chi connectivity index (χ0) is 29.2. The average molecular weight is 603 g/mol. The lowest BCUT2D eigenvalue weighted by Crippen LogP contribution is -2.40. The first-order valence-electron chi connectivity index (χ1n) is 13.0. The van der Waals surface area contributed by atoms with Gasteiger partial charge in [0, 0.05) is 30.2 Å². The Labute approximate surface area is 238 Å². The molecule has 3 aromatic rings. The Kier molecular flexibility index (Phi) is 8.09. The van der Waals surface area contributed by atoms with Crippen LogP contribution in [-0.4, -0.2) is 58.7 Å². The molecular weight excluding hydrogens is 572 g/mol. The van der Waals surface area contributed by atoms with Gasteiger partial charge in [-0.05, 0) is 43.2 Å². The molecule has 5 rings (SSSR count). The van der Waals surface area contributed by atoms with Crippen LogP contribution in [0.1, 0.15) is 41.7 Å². The Morgan fingerprint density at radius 2 is 1.85 bits per heavy atom. The summed E-state index contributed by atoms with van der Waals surface area (Å²) in [5, 5.41) is 0. The van der Waals surface area contributed by atoms with Crippen molar-refractivity contribution in [3.05, 3.63) is 71.4 Å². The van der Waals surface area contributed by atoms with Crippen molar-refractivity contribution in [2.45, 2.75) is 31.8 Å². The molecule has 0 saturated carbocycles. The van der Waals surface area contributed by atoms with E-state index in [2.05, 4.69) is 4.98 Å². The molecule has 1 aromatic heterocycles. The number of rotatable bonds is 10. The third-order valence-electron chi connectivity index (χ3n) is 6.63. The number of hydrogen-bond donors (Lipinski definition) is 1. The second-order valence-electron chi connectivity index (χ2n) is 10.0. The molecule has 0 spiro atoms. The summed E-state index contributed by atoms with van der Waals surface area (Å²) in [6.45, 7) is 2.30.